The minimum atomic E-state index is -4.72. The SMILES string of the molecule is CC[C@H](NC(=O)c1cn(-c2ccc(F)cc2F)c2nc(N(C)C)ccc2c1=O)C(F)(F)F. The molecule has 1 atom stereocenters. The largest absolute Gasteiger partial charge is 0.408 e. The maximum absolute atomic E-state index is 14.6. The molecule has 0 bridgehead atoms. The zero-order valence-electron chi connectivity index (χ0n) is 17.3. The minimum Gasteiger partial charge on any atom is -0.363 e. The van der Waals surface area contributed by atoms with E-state index < -0.39 is 47.2 Å². The van der Waals surface area contributed by atoms with Crippen molar-refractivity contribution in [1.82, 2.24) is 14.9 Å². The molecule has 0 saturated carbocycles. The van der Waals surface area contributed by atoms with Crippen LogP contribution in [0.25, 0.3) is 16.7 Å². The first-order valence-electron chi connectivity index (χ1n) is 9.50. The number of hydrogen-bond donors (Lipinski definition) is 1. The number of amides is 1. The summed E-state index contributed by atoms with van der Waals surface area (Å²) in [5.41, 5.74) is -1.79. The molecule has 0 aliphatic carbocycles. The third-order valence-electron chi connectivity index (χ3n) is 4.82. The molecule has 0 fully saturated rings. The van der Waals surface area contributed by atoms with Crippen LogP contribution in [0.1, 0.15) is 23.7 Å². The Kier molecular flexibility index (Phi) is 6.20. The van der Waals surface area contributed by atoms with Crippen LogP contribution in [0.4, 0.5) is 27.8 Å². The van der Waals surface area contributed by atoms with Gasteiger partial charge in [0.15, 0.2) is 5.65 Å². The van der Waals surface area contributed by atoms with Gasteiger partial charge < -0.3 is 10.2 Å². The Morgan fingerprint density at radius 3 is 2.44 bits per heavy atom. The van der Waals surface area contributed by atoms with Crippen molar-refractivity contribution in [1.29, 1.82) is 0 Å². The summed E-state index contributed by atoms with van der Waals surface area (Å²) in [6.07, 6.45) is -4.26. The smallest absolute Gasteiger partial charge is 0.363 e. The summed E-state index contributed by atoms with van der Waals surface area (Å²) in [5.74, 6) is -2.74. The van der Waals surface area contributed by atoms with E-state index in [1.165, 1.54) is 19.1 Å². The normalized spacial score (nSPS) is 12.6. The molecular formula is C21H19F5N4O2. The van der Waals surface area contributed by atoms with E-state index >= 15 is 0 Å². The van der Waals surface area contributed by atoms with Gasteiger partial charge in [-0.15, -0.1) is 0 Å². The molecule has 0 unspecified atom stereocenters. The van der Waals surface area contributed by atoms with Crippen LogP contribution >= 0.6 is 0 Å². The van der Waals surface area contributed by atoms with Crippen molar-refractivity contribution >= 4 is 22.8 Å². The predicted molar refractivity (Wildman–Crippen MR) is 109 cm³/mol. The summed E-state index contributed by atoms with van der Waals surface area (Å²) in [7, 11) is 3.36. The number of anilines is 1. The molecule has 32 heavy (non-hydrogen) atoms. The Morgan fingerprint density at radius 2 is 1.88 bits per heavy atom. The fraction of sp³-hybridized carbons (Fsp3) is 0.286. The highest BCUT2D eigenvalue weighted by molar-refractivity contribution is 5.97. The molecule has 2 heterocycles. The molecule has 0 radical (unpaired) electrons. The molecule has 6 nitrogen and oxygen atoms in total. The van der Waals surface area contributed by atoms with E-state index in [2.05, 4.69) is 4.98 Å². The number of nitrogens with one attached hydrogen (secondary N) is 1. The number of fused-ring (bicyclic) bond motifs is 1. The van der Waals surface area contributed by atoms with E-state index in [0.29, 0.717) is 11.9 Å². The van der Waals surface area contributed by atoms with Gasteiger partial charge in [-0.2, -0.15) is 13.2 Å². The standard InChI is InChI=1S/C21H19F5N4O2/c1-4-16(21(24,25)26)27-20(32)13-10-30(15-7-5-11(22)9-14(15)23)19-12(18(13)31)6-8-17(28-19)29(2)3/h5-10,16H,4H2,1-3H3,(H,27,32)/t16-/m0/s1. The van der Waals surface area contributed by atoms with Gasteiger partial charge in [0.1, 0.15) is 29.1 Å². The number of hydrogen-bond acceptors (Lipinski definition) is 4. The lowest BCUT2D eigenvalue weighted by molar-refractivity contribution is -0.153. The number of rotatable bonds is 5. The summed E-state index contributed by atoms with van der Waals surface area (Å²) in [6, 6.07) is 3.29. The highest BCUT2D eigenvalue weighted by Gasteiger charge is 2.39. The third kappa shape index (κ3) is 4.41. The maximum atomic E-state index is 14.6. The van der Waals surface area contributed by atoms with Crippen LogP contribution in [0, 0.1) is 11.6 Å². The van der Waals surface area contributed by atoms with E-state index in [4.69, 9.17) is 0 Å². The number of carbonyl (C=O) groups is 1. The molecule has 3 aromatic rings. The number of nitrogens with zero attached hydrogens (tertiary/aromatic N) is 3. The Bertz CT molecular complexity index is 1240. The van der Waals surface area contributed by atoms with E-state index in [-0.39, 0.29) is 16.7 Å². The average molecular weight is 454 g/mol. The van der Waals surface area contributed by atoms with Gasteiger partial charge in [0.2, 0.25) is 5.43 Å². The number of pyridine rings is 2. The van der Waals surface area contributed by atoms with Gasteiger partial charge in [0, 0.05) is 26.4 Å². The Balaban J connectivity index is 2.27. The van der Waals surface area contributed by atoms with Crippen LogP contribution in [0.2, 0.25) is 0 Å². The third-order valence-corrected chi connectivity index (χ3v) is 4.82. The topological polar surface area (TPSA) is 67.2 Å². The zero-order valence-corrected chi connectivity index (χ0v) is 17.3. The van der Waals surface area contributed by atoms with Crippen LogP contribution in [0.15, 0.2) is 41.3 Å². The monoisotopic (exact) mass is 454 g/mol. The zero-order chi connectivity index (χ0) is 23.8. The molecular weight excluding hydrogens is 435 g/mol. The maximum Gasteiger partial charge on any atom is 0.408 e. The van der Waals surface area contributed by atoms with Crippen molar-refractivity contribution in [3.8, 4) is 5.69 Å². The Labute approximate surface area is 179 Å². The van der Waals surface area contributed by atoms with Gasteiger partial charge in [0.05, 0.1) is 11.1 Å². The van der Waals surface area contributed by atoms with Gasteiger partial charge in [-0.05, 0) is 30.7 Å². The molecule has 3 rings (SSSR count). The number of halogens is 5. The van der Waals surface area contributed by atoms with Crippen LogP contribution in [0.3, 0.4) is 0 Å². The van der Waals surface area contributed by atoms with Crippen molar-refractivity contribution in [2.75, 3.05) is 19.0 Å². The summed E-state index contributed by atoms with van der Waals surface area (Å²) in [5, 5.41) is 1.68. The molecule has 2 aromatic heterocycles. The fourth-order valence-corrected chi connectivity index (χ4v) is 3.12. The lowest BCUT2D eigenvalue weighted by Gasteiger charge is -2.21. The molecule has 0 saturated heterocycles. The Hall–Kier alpha value is -3.50. The molecule has 0 aliphatic rings. The molecule has 0 aliphatic heterocycles. The van der Waals surface area contributed by atoms with Crippen LogP contribution < -0.4 is 15.6 Å². The predicted octanol–water partition coefficient (Wildman–Crippen LogP) is 3.80. The van der Waals surface area contributed by atoms with Gasteiger partial charge in [-0.1, -0.05) is 6.92 Å². The number of benzene rings is 1. The first-order valence-corrected chi connectivity index (χ1v) is 9.50. The summed E-state index contributed by atoms with van der Waals surface area (Å²) in [4.78, 5) is 31.5. The number of alkyl halides is 3. The molecule has 1 aromatic carbocycles. The lowest BCUT2D eigenvalue weighted by Crippen LogP contribution is -2.46. The van der Waals surface area contributed by atoms with Gasteiger partial charge in [-0.25, -0.2) is 13.8 Å². The first kappa shape index (κ1) is 23.2. The molecule has 11 heteroatoms. The van der Waals surface area contributed by atoms with Gasteiger partial charge in [-0.3, -0.25) is 14.2 Å². The van der Waals surface area contributed by atoms with E-state index in [1.54, 1.807) is 24.3 Å². The van der Waals surface area contributed by atoms with E-state index in [0.717, 1.165) is 22.9 Å². The van der Waals surface area contributed by atoms with Gasteiger partial charge in [0.25, 0.3) is 5.91 Å². The first-order chi connectivity index (χ1) is 14.9. The van der Waals surface area contributed by atoms with Gasteiger partial charge >= 0.3 is 6.18 Å². The molecule has 1 amide bonds. The minimum absolute atomic E-state index is 0.0499. The summed E-state index contributed by atoms with van der Waals surface area (Å²) < 4.78 is 68.3. The second-order valence-electron chi connectivity index (χ2n) is 7.25. The van der Waals surface area contributed by atoms with Crippen LogP contribution in [-0.4, -0.2) is 41.8 Å². The van der Waals surface area contributed by atoms with Crippen LogP contribution in [0.5, 0.6) is 0 Å². The lowest BCUT2D eigenvalue weighted by atomic mass is 10.1. The summed E-state index contributed by atoms with van der Waals surface area (Å²) >= 11 is 0. The second kappa shape index (κ2) is 8.56. The van der Waals surface area contributed by atoms with Crippen molar-refractivity contribution in [3.05, 3.63) is 63.9 Å². The fourth-order valence-electron chi connectivity index (χ4n) is 3.12. The van der Waals surface area contributed by atoms with Crippen LogP contribution in [-0.2, 0) is 0 Å². The number of aromatic nitrogens is 2. The summed E-state index contributed by atoms with van der Waals surface area (Å²) in [6.45, 7) is 1.23. The second-order valence-corrected chi connectivity index (χ2v) is 7.25. The molecule has 170 valence electrons. The van der Waals surface area contributed by atoms with E-state index in [9.17, 15) is 31.5 Å². The average Bonchev–Trinajstić information content (AvgIpc) is 2.71. The number of carbonyl (C=O) groups excluding carboxylic acids is 1. The highest BCUT2D eigenvalue weighted by atomic mass is 19.4. The quantitative estimate of drug-likeness (QED) is 0.596. The molecule has 1 N–H and O–H groups in total. The van der Waals surface area contributed by atoms with E-state index in [1.807, 2.05) is 0 Å². The van der Waals surface area contributed by atoms with Crippen molar-refractivity contribution in [3.63, 3.8) is 0 Å². The van der Waals surface area contributed by atoms with Crippen molar-refractivity contribution in [2.45, 2.75) is 25.6 Å². The highest BCUT2D eigenvalue weighted by Crippen LogP contribution is 2.24. The van der Waals surface area contributed by atoms with Crippen molar-refractivity contribution in [2.24, 2.45) is 0 Å². The Morgan fingerprint density at radius 1 is 1.19 bits per heavy atom. The molecule has 0 spiro atoms. The van der Waals surface area contributed by atoms with Crippen molar-refractivity contribution < 1.29 is 26.7 Å².